The average molecular weight is 365 g/mol. The summed E-state index contributed by atoms with van der Waals surface area (Å²) in [6, 6.07) is 3.02. The first-order valence-electron chi connectivity index (χ1n) is 5.38. The summed E-state index contributed by atoms with van der Waals surface area (Å²) >= 11 is 2.97. The van der Waals surface area contributed by atoms with Crippen molar-refractivity contribution in [2.24, 2.45) is 0 Å². The highest BCUT2D eigenvalue weighted by Crippen LogP contribution is 2.33. The minimum atomic E-state index is -4.16. The van der Waals surface area contributed by atoms with Crippen LogP contribution in [0.15, 0.2) is 23.1 Å². The first-order chi connectivity index (χ1) is 9.28. The van der Waals surface area contributed by atoms with Crippen molar-refractivity contribution in [2.45, 2.75) is 11.0 Å². The van der Waals surface area contributed by atoms with Gasteiger partial charge in [-0.2, -0.15) is 0 Å². The van der Waals surface area contributed by atoms with Gasteiger partial charge in [0.1, 0.15) is 4.90 Å². The zero-order chi connectivity index (χ0) is 15.1. The number of aliphatic hydroxyl groups is 1. The van der Waals surface area contributed by atoms with Gasteiger partial charge in [0.2, 0.25) is 0 Å². The molecule has 0 aromatic heterocycles. The molecular weight excluding hydrogens is 356 g/mol. The van der Waals surface area contributed by atoms with E-state index in [9.17, 15) is 28.4 Å². The van der Waals surface area contributed by atoms with Crippen LogP contribution in [0.25, 0.3) is 0 Å². The molecule has 0 saturated carbocycles. The number of amides is 1. The highest BCUT2D eigenvalue weighted by Gasteiger charge is 2.42. The summed E-state index contributed by atoms with van der Waals surface area (Å²) in [6.45, 7) is -0.408. The fourth-order valence-electron chi connectivity index (χ4n) is 1.80. The van der Waals surface area contributed by atoms with E-state index in [1.165, 1.54) is 0 Å². The normalized spacial score (nSPS) is 17.9. The molecule has 1 aromatic rings. The second-order valence-electron chi connectivity index (χ2n) is 4.09. The molecule has 0 radical (unpaired) electrons. The second-order valence-corrected chi connectivity index (χ2v) is 6.57. The minimum absolute atomic E-state index is 0.1000. The molecule has 0 spiro atoms. The number of nitrogens with zero attached hydrogens (tertiary/aromatic N) is 2. The van der Waals surface area contributed by atoms with E-state index < -0.39 is 44.1 Å². The van der Waals surface area contributed by atoms with Crippen molar-refractivity contribution in [3.8, 4) is 0 Å². The summed E-state index contributed by atoms with van der Waals surface area (Å²) in [5, 5.41) is 20.2. The van der Waals surface area contributed by atoms with Crippen LogP contribution in [0.1, 0.15) is 10.4 Å². The Hall–Kier alpha value is -1.52. The molecule has 0 bridgehead atoms. The van der Waals surface area contributed by atoms with E-state index in [1.807, 2.05) is 0 Å². The Kier molecular flexibility index (Phi) is 3.80. The highest BCUT2D eigenvalue weighted by atomic mass is 79.9. The third-order valence-corrected chi connectivity index (χ3v) is 5.29. The fourth-order valence-corrected chi connectivity index (χ4v) is 3.63. The van der Waals surface area contributed by atoms with Crippen LogP contribution in [-0.4, -0.2) is 46.6 Å². The molecule has 1 unspecified atom stereocenters. The van der Waals surface area contributed by atoms with Gasteiger partial charge in [0, 0.05) is 17.5 Å². The van der Waals surface area contributed by atoms with Crippen molar-refractivity contribution in [3.63, 3.8) is 0 Å². The molecule has 1 aliphatic rings. The molecule has 20 heavy (non-hydrogen) atoms. The number of fused-ring (bicyclic) bond motifs is 1. The number of aliphatic hydroxyl groups excluding tert-OH is 1. The zero-order valence-corrected chi connectivity index (χ0v) is 12.3. The van der Waals surface area contributed by atoms with Crippen LogP contribution in [0.2, 0.25) is 0 Å². The first kappa shape index (κ1) is 14.9. The molecule has 8 nitrogen and oxygen atoms in total. The van der Waals surface area contributed by atoms with E-state index in [0.29, 0.717) is 4.31 Å². The number of benzene rings is 1. The predicted octanol–water partition coefficient (Wildman–Crippen LogP) is 0.495. The number of alkyl halides is 1. The van der Waals surface area contributed by atoms with Gasteiger partial charge in [0.15, 0.2) is 0 Å². The average Bonchev–Trinajstić information content (AvgIpc) is 2.59. The number of non-ortho nitro benzene ring substituents is 1. The van der Waals surface area contributed by atoms with E-state index in [0.717, 1.165) is 18.2 Å². The van der Waals surface area contributed by atoms with Gasteiger partial charge in [-0.15, -0.1) is 0 Å². The lowest BCUT2D eigenvalue weighted by Gasteiger charge is -2.17. The van der Waals surface area contributed by atoms with Crippen molar-refractivity contribution in [1.82, 2.24) is 4.31 Å². The Labute approximate surface area is 122 Å². The zero-order valence-electron chi connectivity index (χ0n) is 9.89. The van der Waals surface area contributed by atoms with Gasteiger partial charge < -0.3 is 5.11 Å². The molecule has 0 fully saturated rings. The van der Waals surface area contributed by atoms with Crippen LogP contribution in [0.4, 0.5) is 5.69 Å². The van der Waals surface area contributed by atoms with E-state index in [1.54, 1.807) is 0 Å². The van der Waals surface area contributed by atoms with Crippen LogP contribution in [0, 0.1) is 10.1 Å². The standard InChI is InChI=1S/C10H9BrN2O6S/c11-4-7(14)5-12-10(15)8-2-1-6(13(16)17)3-9(8)20(12,18)19/h1-3,7,14H,4-5H2. The summed E-state index contributed by atoms with van der Waals surface area (Å²) in [7, 11) is -4.16. The summed E-state index contributed by atoms with van der Waals surface area (Å²) < 4.78 is 24.9. The third kappa shape index (κ3) is 2.30. The molecule has 0 saturated heterocycles. The highest BCUT2D eigenvalue weighted by molar-refractivity contribution is 9.09. The second kappa shape index (κ2) is 5.11. The van der Waals surface area contributed by atoms with Crippen molar-refractivity contribution in [2.75, 3.05) is 11.9 Å². The van der Waals surface area contributed by atoms with Gasteiger partial charge in [-0.3, -0.25) is 14.9 Å². The molecule has 1 aromatic carbocycles. The number of nitro groups is 1. The van der Waals surface area contributed by atoms with Gasteiger partial charge in [-0.05, 0) is 6.07 Å². The Morgan fingerprint density at radius 2 is 2.10 bits per heavy atom. The SMILES string of the molecule is O=C1c2ccc([N+](=O)[O-])cc2S(=O)(=O)N1CC(O)CBr. The smallest absolute Gasteiger partial charge is 0.270 e. The van der Waals surface area contributed by atoms with E-state index in [-0.39, 0.29) is 10.9 Å². The molecule has 1 atom stereocenters. The topological polar surface area (TPSA) is 118 Å². The lowest BCUT2D eigenvalue weighted by Crippen LogP contribution is -2.37. The number of carbonyl (C=O) groups is 1. The molecule has 2 rings (SSSR count). The summed E-state index contributed by atoms with van der Waals surface area (Å²) in [6.07, 6.45) is -1.06. The lowest BCUT2D eigenvalue weighted by molar-refractivity contribution is -0.385. The quantitative estimate of drug-likeness (QED) is 0.472. The molecule has 1 amide bonds. The number of nitro benzene ring substituents is 1. The lowest BCUT2D eigenvalue weighted by atomic mass is 10.2. The molecular formula is C10H9BrN2O6S. The summed E-state index contributed by atoms with van der Waals surface area (Å²) in [5.41, 5.74) is -0.541. The van der Waals surface area contributed by atoms with Gasteiger partial charge >= 0.3 is 0 Å². The van der Waals surface area contributed by atoms with Gasteiger partial charge in [0.05, 0.1) is 23.1 Å². The Balaban J connectivity index is 2.51. The molecule has 10 heteroatoms. The number of rotatable bonds is 4. The molecule has 1 aliphatic heterocycles. The van der Waals surface area contributed by atoms with E-state index in [2.05, 4.69) is 15.9 Å². The van der Waals surface area contributed by atoms with Crippen LogP contribution in [0.3, 0.4) is 0 Å². The number of hydrogen-bond donors (Lipinski definition) is 1. The summed E-state index contributed by atoms with van der Waals surface area (Å²) in [5.74, 6) is -0.796. The van der Waals surface area contributed by atoms with Gasteiger partial charge in [-0.1, -0.05) is 15.9 Å². The number of sulfonamides is 1. The van der Waals surface area contributed by atoms with Crippen LogP contribution in [-0.2, 0) is 10.0 Å². The van der Waals surface area contributed by atoms with Crippen LogP contribution < -0.4 is 0 Å². The number of β-amino-alcohol motifs (C(OH)–C–C–N with tert-alkyl or cyclic N) is 1. The maximum Gasteiger partial charge on any atom is 0.270 e. The monoisotopic (exact) mass is 364 g/mol. The third-order valence-electron chi connectivity index (χ3n) is 2.76. The number of hydrogen-bond acceptors (Lipinski definition) is 6. The number of carbonyl (C=O) groups excluding carboxylic acids is 1. The molecule has 1 N–H and O–H groups in total. The van der Waals surface area contributed by atoms with Crippen molar-refractivity contribution in [3.05, 3.63) is 33.9 Å². The van der Waals surface area contributed by atoms with Crippen molar-refractivity contribution in [1.29, 1.82) is 0 Å². The Morgan fingerprint density at radius 1 is 1.45 bits per heavy atom. The molecule has 0 aliphatic carbocycles. The Morgan fingerprint density at radius 3 is 2.65 bits per heavy atom. The largest absolute Gasteiger partial charge is 0.390 e. The predicted molar refractivity (Wildman–Crippen MR) is 71.1 cm³/mol. The minimum Gasteiger partial charge on any atom is -0.390 e. The van der Waals surface area contributed by atoms with Gasteiger partial charge in [0.25, 0.3) is 21.6 Å². The van der Waals surface area contributed by atoms with Crippen LogP contribution in [0.5, 0.6) is 0 Å². The van der Waals surface area contributed by atoms with E-state index >= 15 is 0 Å². The molecule has 1 heterocycles. The van der Waals surface area contributed by atoms with Gasteiger partial charge in [-0.25, -0.2) is 12.7 Å². The summed E-state index contributed by atoms with van der Waals surface area (Å²) in [4.78, 5) is 21.5. The number of halogens is 1. The maximum absolute atomic E-state index is 12.2. The Bertz CT molecular complexity index is 689. The first-order valence-corrected chi connectivity index (χ1v) is 7.94. The van der Waals surface area contributed by atoms with Crippen molar-refractivity contribution >= 4 is 37.5 Å². The van der Waals surface area contributed by atoms with Crippen LogP contribution >= 0.6 is 15.9 Å². The molecule has 108 valence electrons. The van der Waals surface area contributed by atoms with Crippen molar-refractivity contribution < 1.29 is 23.2 Å². The van der Waals surface area contributed by atoms with E-state index in [4.69, 9.17) is 0 Å². The fraction of sp³-hybridized carbons (Fsp3) is 0.300. The maximum atomic E-state index is 12.2.